The number of fused-ring (bicyclic) bond motifs is 1. The molecule has 2 rings (SSSR count). The fraction of sp³-hybridized carbons (Fsp3) is 0.500. The van der Waals surface area contributed by atoms with Crippen LogP contribution in [0.5, 0.6) is 0 Å². The molecule has 4 nitrogen and oxygen atoms in total. The van der Waals surface area contributed by atoms with Crippen LogP contribution in [0.4, 0.5) is 5.88 Å². The molecule has 0 atom stereocenters. The van der Waals surface area contributed by atoms with Gasteiger partial charge in [-0.3, -0.25) is 9.69 Å². The summed E-state index contributed by atoms with van der Waals surface area (Å²) < 4.78 is 5.11. The summed E-state index contributed by atoms with van der Waals surface area (Å²) in [5, 5.41) is 0. The SMILES string of the molecule is CC(C)N1C(=O)Cc2ncoc21. The molecule has 0 N–H and O–H groups in total. The number of rotatable bonds is 1. The third kappa shape index (κ3) is 0.841. The smallest absolute Gasteiger partial charge is 0.235 e. The van der Waals surface area contributed by atoms with Gasteiger partial charge in [-0.2, -0.15) is 0 Å². The summed E-state index contributed by atoms with van der Waals surface area (Å²) >= 11 is 0. The molecule has 1 aromatic rings. The van der Waals surface area contributed by atoms with Crippen LogP contribution in [-0.4, -0.2) is 16.9 Å². The Balaban J connectivity index is 2.42. The first kappa shape index (κ1) is 7.34. The first-order chi connectivity index (χ1) is 5.70. The van der Waals surface area contributed by atoms with Gasteiger partial charge in [-0.1, -0.05) is 0 Å². The maximum Gasteiger partial charge on any atom is 0.235 e. The van der Waals surface area contributed by atoms with Crippen molar-refractivity contribution in [3.63, 3.8) is 0 Å². The molecule has 0 saturated heterocycles. The molecule has 0 aromatic carbocycles. The van der Waals surface area contributed by atoms with Crippen LogP contribution in [0.1, 0.15) is 19.5 Å². The molecule has 64 valence electrons. The van der Waals surface area contributed by atoms with Gasteiger partial charge in [0.1, 0.15) is 5.69 Å². The highest BCUT2D eigenvalue weighted by molar-refractivity contribution is 5.99. The average molecular weight is 166 g/mol. The molecule has 2 heterocycles. The van der Waals surface area contributed by atoms with Crippen molar-refractivity contribution in [3.8, 4) is 0 Å². The van der Waals surface area contributed by atoms with E-state index >= 15 is 0 Å². The number of amides is 1. The van der Waals surface area contributed by atoms with E-state index in [0.717, 1.165) is 5.69 Å². The Hall–Kier alpha value is -1.32. The molecule has 1 aliphatic heterocycles. The summed E-state index contributed by atoms with van der Waals surface area (Å²) in [6, 6.07) is 0.145. The Labute approximate surface area is 70.2 Å². The van der Waals surface area contributed by atoms with Crippen LogP contribution in [0.3, 0.4) is 0 Å². The zero-order chi connectivity index (χ0) is 8.72. The van der Waals surface area contributed by atoms with Gasteiger partial charge < -0.3 is 4.42 Å². The maximum atomic E-state index is 11.4. The molecule has 0 aliphatic carbocycles. The van der Waals surface area contributed by atoms with Crippen molar-refractivity contribution < 1.29 is 9.21 Å². The number of nitrogens with zero attached hydrogens (tertiary/aromatic N) is 2. The first-order valence-electron chi connectivity index (χ1n) is 3.94. The van der Waals surface area contributed by atoms with Crippen molar-refractivity contribution >= 4 is 11.8 Å². The molecule has 0 fully saturated rings. The fourth-order valence-corrected chi connectivity index (χ4v) is 1.44. The summed E-state index contributed by atoms with van der Waals surface area (Å²) in [4.78, 5) is 17.0. The minimum atomic E-state index is 0.0758. The fourth-order valence-electron chi connectivity index (χ4n) is 1.44. The van der Waals surface area contributed by atoms with E-state index in [0.29, 0.717) is 12.3 Å². The molecule has 0 bridgehead atoms. The van der Waals surface area contributed by atoms with Crippen molar-refractivity contribution in [2.75, 3.05) is 4.90 Å². The van der Waals surface area contributed by atoms with Crippen molar-refractivity contribution in [1.29, 1.82) is 0 Å². The van der Waals surface area contributed by atoms with Crippen molar-refractivity contribution in [3.05, 3.63) is 12.1 Å². The average Bonchev–Trinajstić information content (AvgIpc) is 2.44. The van der Waals surface area contributed by atoms with E-state index in [9.17, 15) is 4.79 Å². The van der Waals surface area contributed by atoms with Crippen molar-refractivity contribution in [2.24, 2.45) is 0 Å². The summed E-state index contributed by atoms with van der Waals surface area (Å²) in [5.74, 6) is 0.696. The van der Waals surface area contributed by atoms with Gasteiger partial charge in [0, 0.05) is 6.04 Å². The Morgan fingerprint density at radius 2 is 2.42 bits per heavy atom. The highest BCUT2D eigenvalue weighted by Gasteiger charge is 2.33. The topological polar surface area (TPSA) is 46.3 Å². The van der Waals surface area contributed by atoms with Gasteiger partial charge in [0.05, 0.1) is 6.42 Å². The predicted octanol–water partition coefficient (Wildman–Crippen LogP) is 0.972. The van der Waals surface area contributed by atoms with Crippen LogP contribution in [0.15, 0.2) is 10.8 Å². The highest BCUT2D eigenvalue weighted by Crippen LogP contribution is 2.28. The van der Waals surface area contributed by atoms with E-state index in [1.54, 1.807) is 4.90 Å². The highest BCUT2D eigenvalue weighted by atomic mass is 16.4. The zero-order valence-corrected chi connectivity index (χ0v) is 7.07. The van der Waals surface area contributed by atoms with Gasteiger partial charge >= 0.3 is 0 Å². The first-order valence-corrected chi connectivity index (χ1v) is 3.94. The van der Waals surface area contributed by atoms with Crippen molar-refractivity contribution in [2.45, 2.75) is 26.3 Å². The number of hydrogen-bond acceptors (Lipinski definition) is 3. The van der Waals surface area contributed by atoms with Gasteiger partial charge in [-0.25, -0.2) is 4.98 Å². The van der Waals surface area contributed by atoms with Crippen LogP contribution in [0.25, 0.3) is 0 Å². The lowest BCUT2D eigenvalue weighted by atomic mass is 10.3. The number of oxazole rings is 1. The molecule has 0 spiro atoms. The third-order valence-corrected chi connectivity index (χ3v) is 1.94. The van der Waals surface area contributed by atoms with E-state index in [2.05, 4.69) is 4.98 Å². The minimum Gasteiger partial charge on any atom is -0.427 e. The van der Waals surface area contributed by atoms with Gasteiger partial charge in [-0.05, 0) is 13.8 Å². The molecule has 0 unspecified atom stereocenters. The van der Waals surface area contributed by atoms with Crippen LogP contribution >= 0.6 is 0 Å². The largest absolute Gasteiger partial charge is 0.427 e. The number of hydrogen-bond donors (Lipinski definition) is 0. The van der Waals surface area contributed by atoms with Crippen molar-refractivity contribution in [1.82, 2.24) is 4.98 Å². The summed E-state index contributed by atoms with van der Waals surface area (Å²) in [5.41, 5.74) is 0.758. The molecule has 12 heavy (non-hydrogen) atoms. The molecule has 0 radical (unpaired) electrons. The second kappa shape index (κ2) is 2.33. The lowest BCUT2D eigenvalue weighted by Crippen LogP contribution is -2.33. The standard InChI is InChI=1S/C8H10N2O2/c1-5(2)10-7(11)3-6-8(10)12-4-9-6/h4-5H,3H2,1-2H3. The Bertz CT molecular complexity index is 317. The van der Waals surface area contributed by atoms with Gasteiger partial charge in [-0.15, -0.1) is 0 Å². The minimum absolute atomic E-state index is 0.0758. The molecule has 0 saturated carbocycles. The quantitative estimate of drug-likeness (QED) is 0.624. The van der Waals surface area contributed by atoms with Gasteiger partial charge in [0.15, 0.2) is 6.39 Å². The van der Waals surface area contributed by atoms with Crippen LogP contribution < -0.4 is 4.90 Å². The molecule has 4 heteroatoms. The van der Waals surface area contributed by atoms with Crippen LogP contribution in [0, 0.1) is 0 Å². The van der Waals surface area contributed by atoms with E-state index in [-0.39, 0.29) is 11.9 Å². The Kier molecular flexibility index (Phi) is 1.43. The van der Waals surface area contributed by atoms with E-state index in [1.807, 2.05) is 13.8 Å². The van der Waals surface area contributed by atoms with Gasteiger partial charge in [0.2, 0.25) is 11.8 Å². The summed E-state index contributed by atoms with van der Waals surface area (Å²) in [6.45, 7) is 3.91. The number of aromatic nitrogens is 1. The Morgan fingerprint density at radius 3 is 3.08 bits per heavy atom. The molecule has 1 aromatic heterocycles. The summed E-state index contributed by atoms with van der Waals surface area (Å²) in [6.07, 6.45) is 1.76. The molecular weight excluding hydrogens is 156 g/mol. The summed E-state index contributed by atoms with van der Waals surface area (Å²) in [7, 11) is 0. The lowest BCUT2D eigenvalue weighted by molar-refractivity contribution is -0.117. The number of carbonyl (C=O) groups excluding carboxylic acids is 1. The van der Waals surface area contributed by atoms with E-state index in [4.69, 9.17) is 4.42 Å². The Morgan fingerprint density at radius 1 is 1.67 bits per heavy atom. The zero-order valence-electron chi connectivity index (χ0n) is 7.07. The second-order valence-electron chi connectivity index (χ2n) is 3.14. The maximum absolute atomic E-state index is 11.4. The molecular formula is C8H10N2O2. The third-order valence-electron chi connectivity index (χ3n) is 1.94. The van der Waals surface area contributed by atoms with Crippen LogP contribution in [-0.2, 0) is 11.2 Å². The number of anilines is 1. The monoisotopic (exact) mass is 166 g/mol. The normalized spacial score (nSPS) is 15.9. The van der Waals surface area contributed by atoms with Gasteiger partial charge in [0.25, 0.3) is 0 Å². The molecule has 1 amide bonds. The van der Waals surface area contributed by atoms with E-state index in [1.165, 1.54) is 6.39 Å². The predicted molar refractivity (Wildman–Crippen MR) is 42.8 cm³/mol. The molecule has 1 aliphatic rings. The van der Waals surface area contributed by atoms with Crippen LogP contribution in [0.2, 0.25) is 0 Å². The number of carbonyl (C=O) groups is 1. The second-order valence-corrected chi connectivity index (χ2v) is 3.14. The lowest BCUT2D eigenvalue weighted by Gasteiger charge is -2.18. The van der Waals surface area contributed by atoms with E-state index < -0.39 is 0 Å².